The highest BCUT2D eigenvalue weighted by Crippen LogP contribution is 2.43. The Labute approximate surface area is 126 Å². The van der Waals surface area contributed by atoms with Crippen LogP contribution in [0.1, 0.15) is 31.3 Å². The van der Waals surface area contributed by atoms with Crippen LogP contribution in [0.15, 0.2) is 18.3 Å². The number of hydrogen-bond donors (Lipinski definition) is 2. The van der Waals surface area contributed by atoms with Crippen molar-refractivity contribution in [1.82, 2.24) is 15.6 Å². The lowest BCUT2D eigenvalue weighted by Gasteiger charge is -2.37. The molecule has 0 saturated carbocycles. The lowest BCUT2D eigenvalue weighted by atomic mass is 9.85. The van der Waals surface area contributed by atoms with E-state index in [9.17, 15) is 4.79 Å². The van der Waals surface area contributed by atoms with Gasteiger partial charge in [0.15, 0.2) is 0 Å². The maximum atomic E-state index is 12.0. The molecule has 0 radical (unpaired) electrons. The molecule has 0 aliphatic carbocycles. The fourth-order valence-electron chi connectivity index (χ4n) is 3.82. The average Bonchev–Trinajstić information content (AvgIpc) is 3.02. The van der Waals surface area contributed by atoms with E-state index < -0.39 is 0 Å². The Kier molecular flexibility index (Phi) is 3.61. The Hall–Kier alpha value is -1.62. The van der Waals surface area contributed by atoms with Crippen LogP contribution in [0.3, 0.4) is 0 Å². The molecule has 2 fully saturated rings. The summed E-state index contributed by atoms with van der Waals surface area (Å²) in [5.41, 5.74) is 1.71. The quantitative estimate of drug-likeness (QED) is 0.879. The van der Waals surface area contributed by atoms with E-state index in [1.807, 2.05) is 19.1 Å². The lowest BCUT2D eigenvalue weighted by Crippen LogP contribution is -2.44. The van der Waals surface area contributed by atoms with Crippen LogP contribution < -0.4 is 15.5 Å². The van der Waals surface area contributed by atoms with Crippen molar-refractivity contribution in [2.24, 2.45) is 11.8 Å². The summed E-state index contributed by atoms with van der Waals surface area (Å²) < 4.78 is 0. The monoisotopic (exact) mass is 288 g/mol. The van der Waals surface area contributed by atoms with Crippen molar-refractivity contribution in [2.75, 3.05) is 31.1 Å². The van der Waals surface area contributed by atoms with Crippen LogP contribution in [0.2, 0.25) is 0 Å². The van der Waals surface area contributed by atoms with Gasteiger partial charge in [-0.2, -0.15) is 0 Å². The predicted octanol–water partition coefficient (Wildman–Crippen LogP) is 1.27. The van der Waals surface area contributed by atoms with E-state index in [2.05, 4.69) is 34.4 Å². The van der Waals surface area contributed by atoms with Crippen LogP contribution in [0.25, 0.3) is 0 Å². The Morgan fingerprint density at radius 2 is 2.33 bits per heavy atom. The van der Waals surface area contributed by atoms with Crippen molar-refractivity contribution in [3.05, 3.63) is 24.0 Å². The zero-order valence-electron chi connectivity index (χ0n) is 13.0. The van der Waals surface area contributed by atoms with Crippen molar-refractivity contribution in [2.45, 2.75) is 26.3 Å². The second kappa shape index (κ2) is 5.30. The van der Waals surface area contributed by atoms with Gasteiger partial charge >= 0.3 is 0 Å². The number of hydrogen-bond acceptors (Lipinski definition) is 4. The summed E-state index contributed by atoms with van der Waals surface area (Å²) in [5.74, 6) is 1.26. The summed E-state index contributed by atoms with van der Waals surface area (Å²) in [4.78, 5) is 18.6. The fraction of sp³-hybridized carbons (Fsp3) is 0.625. The molecule has 114 valence electrons. The van der Waals surface area contributed by atoms with Gasteiger partial charge < -0.3 is 15.5 Å². The maximum Gasteiger partial charge on any atom is 0.269 e. The Bertz CT molecular complexity index is 543. The van der Waals surface area contributed by atoms with Crippen molar-refractivity contribution >= 4 is 11.6 Å². The van der Waals surface area contributed by atoms with Crippen LogP contribution in [0.5, 0.6) is 0 Å². The van der Waals surface area contributed by atoms with E-state index in [1.54, 1.807) is 6.20 Å². The molecular weight excluding hydrogens is 264 g/mol. The normalized spacial score (nSPS) is 26.7. The standard InChI is InChI=1S/C16H24N4O/c1-4-18-15(21)14-7-12(5-6-19-14)20-10-11-8-17-9-13(11)16(20,2)3/h5-7,11,13,17H,4,8-10H2,1-3H3,(H,18,21). The highest BCUT2D eigenvalue weighted by Gasteiger charge is 2.49. The van der Waals surface area contributed by atoms with Crippen molar-refractivity contribution < 1.29 is 4.79 Å². The molecule has 1 aromatic heterocycles. The van der Waals surface area contributed by atoms with Gasteiger partial charge in [0, 0.05) is 43.6 Å². The van der Waals surface area contributed by atoms with E-state index in [-0.39, 0.29) is 11.4 Å². The highest BCUT2D eigenvalue weighted by molar-refractivity contribution is 5.93. The third-order valence-electron chi connectivity index (χ3n) is 4.99. The minimum atomic E-state index is -0.0989. The summed E-state index contributed by atoms with van der Waals surface area (Å²) in [6.45, 7) is 10.4. The summed E-state index contributed by atoms with van der Waals surface area (Å²) >= 11 is 0. The number of anilines is 1. The molecule has 2 atom stereocenters. The fourth-order valence-corrected chi connectivity index (χ4v) is 3.82. The Morgan fingerprint density at radius 1 is 1.52 bits per heavy atom. The average molecular weight is 288 g/mol. The predicted molar refractivity (Wildman–Crippen MR) is 83.5 cm³/mol. The van der Waals surface area contributed by atoms with Gasteiger partial charge in [-0.3, -0.25) is 9.78 Å². The van der Waals surface area contributed by atoms with E-state index in [1.165, 1.54) is 0 Å². The Morgan fingerprint density at radius 3 is 3.05 bits per heavy atom. The number of pyridine rings is 1. The van der Waals surface area contributed by atoms with Crippen molar-refractivity contribution in [1.29, 1.82) is 0 Å². The number of nitrogens with zero attached hydrogens (tertiary/aromatic N) is 2. The lowest BCUT2D eigenvalue weighted by molar-refractivity contribution is 0.0951. The molecule has 0 bridgehead atoms. The molecule has 3 heterocycles. The van der Waals surface area contributed by atoms with Gasteiger partial charge in [0.05, 0.1) is 0 Å². The van der Waals surface area contributed by atoms with Gasteiger partial charge in [-0.05, 0) is 44.7 Å². The molecule has 5 heteroatoms. The molecule has 0 spiro atoms. The summed E-state index contributed by atoms with van der Waals surface area (Å²) in [6.07, 6.45) is 1.74. The number of fused-ring (bicyclic) bond motifs is 1. The molecule has 1 aromatic rings. The minimum absolute atomic E-state index is 0.0989. The van der Waals surface area contributed by atoms with E-state index in [0.29, 0.717) is 24.1 Å². The van der Waals surface area contributed by atoms with Gasteiger partial charge in [-0.15, -0.1) is 0 Å². The number of carbonyl (C=O) groups excluding carboxylic acids is 1. The molecule has 2 aliphatic rings. The van der Waals surface area contributed by atoms with Gasteiger partial charge in [0.25, 0.3) is 5.91 Å². The molecule has 2 unspecified atom stereocenters. The first-order valence-corrected chi connectivity index (χ1v) is 7.76. The number of aromatic nitrogens is 1. The molecule has 2 N–H and O–H groups in total. The van der Waals surface area contributed by atoms with Crippen molar-refractivity contribution in [3.63, 3.8) is 0 Å². The molecule has 5 nitrogen and oxygen atoms in total. The van der Waals surface area contributed by atoms with Gasteiger partial charge in [0.1, 0.15) is 5.69 Å². The van der Waals surface area contributed by atoms with E-state index in [0.717, 1.165) is 25.3 Å². The van der Waals surface area contributed by atoms with Crippen LogP contribution in [-0.4, -0.2) is 42.6 Å². The largest absolute Gasteiger partial charge is 0.366 e. The highest BCUT2D eigenvalue weighted by atomic mass is 16.1. The zero-order valence-corrected chi connectivity index (χ0v) is 13.0. The number of nitrogens with one attached hydrogen (secondary N) is 2. The third kappa shape index (κ3) is 2.39. The van der Waals surface area contributed by atoms with Crippen LogP contribution in [0.4, 0.5) is 5.69 Å². The SMILES string of the molecule is CCNC(=O)c1cc(N2CC3CNCC3C2(C)C)ccn1. The molecule has 21 heavy (non-hydrogen) atoms. The Balaban J connectivity index is 1.87. The third-order valence-corrected chi connectivity index (χ3v) is 4.99. The summed E-state index contributed by atoms with van der Waals surface area (Å²) in [5, 5.41) is 6.31. The van der Waals surface area contributed by atoms with Crippen LogP contribution in [0, 0.1) is 11.8 Å². The van der Waals surface area contributed by atoms with E-state index >= 15 is 0 Å². The number of carbonyl (C=O) groups is 1. The van der Waals surface area contributed by atoms with E-state index in [4.69, 9.17) is 0 Å². The summed E-state index contributed by atoms with van der Waals surface area (Å²) in [7, 11) is 0. The topological polar surface area (TPSA) is 57.3 Å². The first-order valence-electron chi connectivity index (χ1n) is 7.76. The zero-order chi connectivity index (χ0) is 15.0. The summed E-state index contributed by atoms with van der Waals surface area (Å²) in [6, 6.07) is 3.93. The molecule has 1 amide bonds. The first kappa shape index (κ1) is 14.3. The second-order valence-electron chi connectivity index (χ2n) is 6.55. The maximum absolute atomic E-state index is 12.0. The first-order chi connectivity index (χ1) is 10.0. The van der Waals surface area contributed by atoms with Gasteiger partial charge in [-0.1, -0.05) is 0 Å². The number of rotatable bonds is 3. The van der Waals surface area contributed by atoms with Gasteiger partial charge in [0.2, 0.25) is 0 Å². The number of amides is 1. The molecular formula is C16H24N4O. The molecule has 0 aromatic carbocycles. The minimum Gasteiger partial charge on any atom is -0.366 e. The molecule has 2 aliphatic heterocycles. The van der Waals surface area contributed by atoms with Crippen LogP contribution >= 0.6 is 0 Å². The molecule has 3 rings (SSSR count). The van der Waals surface area contributed by atoms with Gasteiger partial charge in [-0.25, -0.2) is 0 Å². The van der Waals surface area contributed by atoms with Crippen molar-refractivity contribution in [3.8, 4) is 0 Å². The van der Waals surface area contributed by atoms with Crippen LogP contribution in [-0.2, 0) is 0 Å². The molecule has 2 saturated heterocycles. The second-order valence-corrected chi connectivity index (χ2v) is 6.55. The smallest absolute Gasteiger partial charge is 0.269 e.